The first kappa shape index (κ1) is 20.1. The summed E-state index contributed by atoms with van der Waals surface area (Å²) in [5.41, 5.74) is 1.40. The maximum Gasteiger partial charge on any atom is 0.316 e. The summed E-state index contributed by atoms with van der Waals surface area (Å²) in [5.74, 6) is -0.715. The minimum Gasteiger partial charge on any atom is -0.452 e. The lowest BCUT2D eigenvalue weighted by atomic mass is 10.2. The van der Waals surface area contributed by atoms with Crippen LogP contribution in [0, 0.1) is 6.92 Å². The normalized spacial score (nSPS) is 20.0. The van der Waals surface area contributed by atoms with Gasteiger partial charge in [-0.2, -0.15) is 0 Å². The highest BCUT2D eigenvalue weighted by molar-refractivity contribution is 8.02. The summed E-state index contributed by atoms with van der Waals surface area (Å²) in [6.07, 6.45) is -0.413. The molecular formula is C16H20ClNO5S2. The number of sulfone groups is 1. The second-order valence-electron chi connectivity index (χ2n) is 5.92. The van der Waals surface area contributed by atoms with Gasteiger partial charge in [-0.1, -0.05) is 17.7 Å². The summed E-state index contributed by atoms with van der Waals surface area (Å²) in [7, 11) is -2.97. The highest BCUT2D eigenvalue weighted by Gasteiger charge is 2.29. The van der Waals surface area contributed by atoms with Crippen molar-refractivity contribution in [1.82, 2.24) is 0 Å². The maximum atomic E-state index is 12.1. The van der Waals surface area contributed by atoms with Crippen LogP contribution in [0.25, 0.3) is 0 Å². The molecule has 1 aromatic rings. The molecule has 1 aliphatic heterocycles. The number of ether oxygens (including phenoxy) is 1. The van der Waals surface area contributed by atoms with Crippen LogP contribution in [0.3, 0.4) is 0 Å². The highest BCUT2D eigenvalue weighted by Crippen LogP contribution is 2.24. The molecule has 1 fully saturated rings. The molecule has 0 spiro atoms. The Labute approximate surface area is 156 Å². The Hall–Kier alpha value is -1.25. The molecule has 9 heteroatoms. The number of hydrogen-bond donors (Lipinski definition) is 1. The van der Waals surface area contributed by atoms with Crippen LogP contribution in [0.15, 0.2) is 18.2 Å². The van der Waals surface area contributed by atoms with E-state index in [4.69, 9.17) is 16.3 Å². The van der Waals surface area contributed by atoms with Crippen LogP contribution < -0.4 is 5.32 Å². The van der Waals surface area contributed by atoms with Crippen LogP contribution in [0.2, 0.25) is 5.02 Å². The van der Waals surface area contributed by atoms with Crippen molar-refractivity contribution in [1.29, 1.82) is 0 Å². The van der Waals surface area contributed by atoms with E-state index >= 15 is 0 Å². The average Bonchev–Trinajstić information content (AvgIpc) is 2.88. The zero-order valence-corrected chi connectivity index (χ0v) is 16.3. The predicted molar refractivity (Wildman–Crippen MR) is 99.9 cm³/mol. The average molecular weight is 406 g/mol. The van der Waals surface area contributed by atoms with Crippen LogP contribution >= 0.6 is 23.4 Å². The fourth-order valence-corrected chi connectivity index (χ4v) is 5.92. The molecule has 25 heavy (non-hydrogen) atoms. The number of carbonyl (C=O) groups is 2. The summed E-state index contributed by atoms with van der Waals surface area (Å²) in [5, 5.41) is 3.08. The SMILES string of the molecule is Cc1ccc(Cl)cc1NC(=O)[C@H](C)OC(=O)CS[C@@H]1CCS(=O)(=O)C1. The molecule has 0 radical (unpaired) electrons. The van der Waals surface area contributed by atoms with Crippen LogP contribution in [0.4, 0.5) is 5.69 Å². The van der Waals surface area contributed by atoms with Gasteiger partial charge < -0.3 is 10.1 Å². The molecule has 0 aliphatic carbocycles. The second kappa shape index (κ2) is 8.42. The Morgan fingerprint density at radius 3 is 2.80 bits per heavy atom. The van der Waals surface area contributed by atoms with Crippen molar-refractivity contribution in [3.63, 3.8) is 0 Å². The largest absolute Gasteiger partial charge is 0.452 e. The van der Waals surface area contributed by atoms with Gasteiger partial charge in [0.05, 0.1) is 17.3 Å². The monoisotopic (exact) mass is 405 g/mol. The molecule has 2 atom stereocenters. The van der Waals surface area contributed by atoms with E-state index in [1.165, 1.54) is 18.7 Å². The van der Waals surface area contributed by atoms with Gasteiger partial charge in [-0.15, -0.1) is 11.8 Å². The highest BCUT2D eigenvalue weighted by atomic mass is 35.5. The van der Waals surface area contributed by atoms with E-state index < -0.39 is 27.8 Å². The third-order valence-electron chi connectivity index (χ3n) is 3.76. The molecule has 0 aromatic heterocycles. The maximum absolute atomic E-state index is 12.1. The van der Waals surface area contributed by atoms with E-state index in [9.17, 15) is 18.0 Å². The van der Waals surface area contributed by atoms with Gasteiger partial charge in [0, 0.05) is 16.0 Å². The van der Waals surface area contributed by atoms with Crippen molar-refractivity contribution in [2.75, 3.05) is 22.6 Å². The van der Waals surface area contributed by atoms with Crippen molar-refractivity contribution in [2.24, 2.45) is 0 Å². The predicted octanol–water partition coefficient (Wildman–Crippen LogP) is 2.44. The number of aryl methyl sites for hydroxylation is 1. The van der Waals surface area contributed by atoms with Crippen LogP contribution in [-0.4, -0.2) is 48.9 Å². The van der Waals surface area contributed by atoms with Crippen LogP contribution in [0.1, 0.15) is 18.9 Å². The number of amides is 1. The van der Waals surface area contributed by atoms with E-state index in [0.717, 1.165) is 5.56 Å². The first-order chi connectivity index (χ1) is 11.7. The Kier molecular flexibility index (Phi) is 6.76. The summed E-state index contributed by atoms with van der Waals surface area (Å²) in [4.78, 5) is 24.0. The Morgan fingerprint density at radius 2 is 2.16 bits per heavy atom. The van der Waals surface area contributed by atoms with Crippen molar-refractivity contribution in [3.05, 3.63) is 28.8 Å². The van der Waals surface area contributed by atoms with Crippen molar-refractivity contribution < 1.29 is 22.7 Å². The number of rotatable bonds is 6. The molecule has 1 heterocycles. The van der Waals surface area contributed by atoms with Crippen molar-refractivity contribution in [3.8, 4) is 0 Å². The fourth-order valence-electron chi connectivity index (χ4n) is 2.33. The summed E-state index contributed by atoms with van der Waals surface area (Å²) < 4.78 is 27.9. The molecule has 0 saturated carbocycles. The molecule has 0 bridgehead atoms. The topological polar surface area (TPSA) is 89.5 Å². The Bertz CT molecular complexity index is 766. The molecule has 0 unspecified atom stereocenters. The molecule has 138 valence electrons. The van der Waals surface area contributed by atoms with Gasteiger partial charge in [-0.3, -0.25) is 9.59 Å². The quantitative estimate of drug-likeness (QED) is 0.731. The number of esters is 1. The van der Waals surface area contributed by atoms with Crippen molar-refractivity contribution >= 4 is 50.8 Å². The first-order valence-electron chi connectivity index (χ1n) is 7.75. The summed E-state index contributed by atoms with van der Waals surface area (Å²) in [6, 6.07) is 5.12. The second-order valence-corrected chi connectivity index (χ2v) is 9.87. The van der Waals surface area contributed by atoms with Crippen molar-refractivity contribution in [2.45, 2.75) is 31.6 Å². The standard InChI is InChI=1S/C16H20ClNO5S2/c1-10-3-4-12(17)7-14(10)18-16(20)11(2)23-15(19)8-24-13-5-6-25(21,22)9-13/h3-4,7,11,13H,5-6,8-9H2,1-2H3,(H,18,20)/t11-,13+/m0/s1. The minimum absolute atomic E-state index is 0.0218. The lowest BCUT2D eigenvalue weighted by molar-refractivity contribution is -0.150. The van der Waals surface area contributed by atoms with Gasteiger partial charge in [0.25, 0.3) is 5.91 Å². The lowest BCUT2D eigenvalue weighted by Crippen LogP contribution is -2.31. The van der Waals surface area contributed by atoms with Gasteiger partial charge in [-0.25, -0.2) is 8.42 Å². The molecule has 1 saturated heterocycles. The van der Waals surface area contributed by atoms with Gasteiger partial charge >= 0.3 is 5.97 Å². The minimum atomic E-state index is -2.97. The molecule has 1 aliphatic rings. The van der Waals surface area contributed by atoms with E-state index in [1.54, 1.807) is 18.2 Å². The molecule has 1 aromatic carbocycles. The zero-order valence-electron chi connectivity index (χ0n) is 14.0. The van der Waals surface area contributed by atoms with Crippen LogP contribution in [0.5, 0.6) is 0 Å². The smallest absolute Gasteiger partial charge is 0.316 e. The number of anilines is 1. The molecule has 2 rings (SSSR count). The molecule has 1 amide bonds. The van der Waals surface area contributed by atoms with Gasteiger partial charge in [0.1, 0.15) is 0 Å². The van der Waals surface area contributed by atoms with Gasteiger partial charge in [0.15, 0.2) is 15.9 Å². The van der Waals surface area contributed by atoms with E-state index in [1.807, 2.05) is 6.92 Å². The molecular weight excluding hydrogens is 386 g/mol. The summed E-state index contributed by atoms with van der Waals surface area (Å²) in [6.45, 7) is 3.31. The van der Waals surface area contributed by atoms with Crippen LogP contribution in [-0.2, 0) is 24.2 Å². The number of carbonyl (C=O) groups excluding carboxylic acids is 2. The van der Waals surface area contributed by atoms with Gasteiger partial charge in [-0.05, 0) is 38.0 Å². The number of halogens is 1. The lowest BCUT2D eigenvalue weighted by Gasteiger charge is -2.15. The summed E-state index contributed by atoms with van der Waals surface area (Å²) >= 11 is 7.16. The first-order valence-corrected chi connectivity index (χ1v) is 11.0. The van der Waals surface area contributed by atoms with Gasteiger partial charge in [0.2, 0.25) is 0 Å². The fraction of sp³-hybridized carbons (Fsp3) is 0.500. The number of benzene rings is 1. The third-order valence-corrected chi connectivity index (χ3v) is 7.25. The molecule has 1 N–H and O–H groups in total. The van der Waals surface area contributed by atoms with E-state index in [0.29, 0.717) is 17.1 Å². The Balaban J connectivity index is 1.80. The number of hydrogen-bond acceptors (Lipinski definition) is 6. The van der Waals surface area contributed by atoms with E-state index in [-0.39, 0.29) is 22.5 Å². The zero-order chi connectivity index (χ0) is 18.6. The Morgan fingerprint density at radius 1 is 1.44 bits per heavy atom. The number of nitrogens with one attached hydrogen (secondary N) is 1. The van der Waals surface area contributed by atoms with E-state index in [2.05, 4.69) is 5.32 Å². The molecule has 6 nitrogen and oxygen atoms in total. The third kappa shape index (κ3) is 6.20. The number of thioether (sulfide) groups is 1.